The zero-order valence-corrected chi connectivity index (χ0v) is 11.9. The molecule has 0 heterocycles. The van der Waals surface area contributed by atoms with E-state index in [4.69, 9.17) is 0 Å². The van der Waals surface area contributed by atoms with Gasteiger partial charge >= 0.3 is 0 Å². The predicted octanol–water partition coefficient (Wildman–Crippen LogP) is 4.79. The van der Waals surface area contributed by atoms with E-state index in [2.05, 4.69) is 15.9 Å². The number of ketones is 1. The van der Waals surface area contributed by atoms with Crippen molar-refractivity contribution in [1.82, 2.24) is 0 Å². The molecule has 0 saturated carbocycles. The van der Waals surface area contributed by atoms with Gasteiger partial charge in [0.1, 0.15) is 5.82 Å². The third-order valence-electron chi connectivity index (χ3n) is 2.78. The number of hydrogen-bond acceptors (Lipinski definition) is 1. The van der Waals surface area contributed by atoms with Gasteiger partial charge in [0.15, 0.2) is 5.78 Å². The number of benzene rings is 2. The van der Waals surface area contributed by atoms with Gasteiger partial charge in [-0.1, -0.05) is 40.2 Å². The molecule has 0 bridgehead atoms. The number of rotatable bonds is 3. The molecule has 3 heteroatoms. The standard InChI is InChI=1S/C16H12BrFO/c1-11-4-2-3-5-14(11)16(19)9-6-12-10-13(17)7-8-15(12)18/h2-10H,1H3/b9-6+. The molecule has 19 heavy (non-hydrogen) atoms. The van der Waals surface area contributed by atoms with Crippen molar-refractivity contribution >= 4 is 27.8 Å². The second-order valence-electron chi connectivity index (χ2n) is 4.18. The highest BCUT2D eigenvalue weighted by Gasteiger charge is 2.05. The highest BCUT2D eigenvalue weighted by Crippen LogP contribution is 2.17. The van der Waals surface area contributed by atoms with E-state index in [1.807, 2.05) is 25.1 Å². The minimum Gasteiger partial charge on any atom is -0.289 e. The molecule has 2 rings (SSSR count). The molecule has 0 aliphatic carbocycles. The van der Waals surface area contributed by atoms with Crippen molar-refractivity contribution in [2.24, 2.45) is 0 Å². The first-order valence-corrected chi connectivity index (χ1v) is 6.60. The van der Waals surface area contributed by atoms with Gasteiger partial charge in [-0.2, -0.15) is 0 Å². The zero-order chi connectivity index (χ0) is 13.8. The Bertz CT molecular complexity index is 647. The fourth-order valence-electron chi connectivity index (χ4n) is 1.75. The van der Waals surface area contributed by atoms with Gasteiger partial charge in [-0.15, -0.1) is 0 Å². The zero-order valence-electron chi connectivity index (χ0n) is 10.4. The van der Waals surface area contributed by atoms with Crippen LogP contribution in [0, 0.1) is 12.7 Å². The molecule has 0 aliphatic heterocycles. The third-order valence-corrected chi connectivity index (χ3v) is 3.28. The molecule has 0 aliphatic rings. The summed E-state index contributed by atoms with van der Waals surface area (Å²) in [6.45, 7) is 1.88. The van der Waals surface area contributed by atoms with Gasteiger partial charge in [0.25, 0.3) is 0 Å². The van der Waals surface area contributed by atoms with Crippen molar-refractivity contribution in [3.8, 4) is 0 Å². The monoisotopic (exact) mass is 318 g/mol. The fraction of sp³-hybridized carbons (Fsp3) is 0.0625. The van der Waals surface area contributed by atoms with Crippen molar-refractivity contribution in [3.63, 3.8) is 0 Å². The molecule has 1 nitrogen and oxygen atoms in total. The Morgan fingerprint density at radius 2 is 1.95 bits per heavy atom. The van der Waals surface area contributed by atoms with Crippen LogP contribution in [0.25, 0.3) is 6.08 Å². The summed E-state index contributed by atoms with van der Waals surface area (Å²) >= 11 is 3.27. The lowest BCUT2D eigenvalue weighted by molar-refractivity contribution is 0.104. The second-order valence-corrected chi connectivity index (χ2v) is 5.09. The van der Waals surface area contributed by atoms with Gasteiger partial charge in [0, 0.05) is 15.6 Å². The van der Waals surface area contributed by atoms with Gasteiger partial charge in [0.05, 0.1) is 0 Å². The minimum atomic E-state index is -0.350. The molecular weight excluding hydrogens is 307 g/mol. The van der Waals surface area contributed by atoms with E-state index in [9.17, 15) is 9.18 Å². The molecule has 2 aromatic carbocycles. The van der Waals surface area contributed by atoms with Gasteiger partial charge in [0.2, 0.25) is 0 Å². The third kappa shape index (κ3) is 3.38. The number of halogens is 2. The van der Waals surface area contributed by atoms with Crippen LogP contribution in [0.3, 0.4) is 0 Å². The van der Waals surface area contributed by atoms with E-state index < -0.39 is 0 Å². The number of carbonyl (C=O) groups excluding carboxylic acids is 1. The Balaban J connectivity index is 2.26. The summed E-state index contributed by atoms with van der Waals surface area (Å²) in [5.74, 6) is -0.477. The first kappa shape index (κ1) is 13.7. The van der Waals surface area contributed by atoms with Crippen LogP contribution in [0.4, 0.5) is 4.39 Å². The maximum atomic E-state index is 13.5. The van der Waals surface area contributed by atoms with Crippen molar-refractivity contribution in [1.29, 1.82) is 0 Å². The predicted molar refractivity (Wildman–Crippen MR) is 78.6 cm³/mol. The van der Waals surface area contributed by atoms with E-state index in [1.165, 1.54) is 18.2 Å². The summed E-state index contributed by atoms with van der Waals surface area (Å²) in [6.07, 6.45) is 2.89. The molecule has 0 fully saturated rings. The van der Waals surface area contributed by atoms with Crippen molar-refractivity contribution in [2.45, 2.75) is 6.92 Å². The molecule has 0 amide bonds. The first-order chi connectivity index (χ1) is 9.08. The molecule has 0 saturated heterocycles. The van der Waals surface area contributed by atoms with Gasteiger partial charge in [-0.05, 0) is 42.8 Å². The van der Waals surface area contributed by atoms with Crippen LogP contribution in [-0.2, 0) is 0 Å². The van der Waals surface area contributed by atoms with Crippen LogP contribution < -0.4 is 0 Å². The lowest BCUT2D eigenvalue weighted by atomic mass is 10.0. The molecular formula is C16H12BrFO. The number of allylic oxidation sites excluding steroid dienone is 1. The lowest BCUT2D eigenvalue weighted by Gasteiger charge is -2.01. The molecule has 2 aromatic rings. The quantitative estimate of drug-likeness (QED) is 0.587. The van der Waals surface area contributed by atoms with Crippen LogP contribution in [0.1, 0.15) is 21.5 Å². The van der Waals surface area contributed by atoms with E-state index in [1.54, 1.807) is 18.2 Å². The van der Waals surface area contributed by atoms with Crippen molar-refractivity contribution in [2.75, 3.05) is 0 Å². The molecule has 0 aromatic heterocycles. The smallest absolute Gasteiger partial charge is 0.186 e. The number of carbonyl (C=O) groups is 1. The van der Waals surface area contributed by atoms with Gasteiger partial charge in [-0.3, -0.25) is 4.79 Å². The first-order valence-electron chi connectivity index (χ1n) is 5.81. The fourth-order valence-corrected chi connectivity index (χ4v) is 2.13. The second kappa shape index (κ2) is 5.93. The highest BCUT2D eigenvalue weighted by atomic mass is 79.9. The summed E-state index contributed by atoms with van der Waals surface area (Å²) in [5.41, 5.74) is 1.93. The Kier molecular flexibility index (Phi) is 4.27. The Hall–Kier alpha value is -1.74. The van der Waals surface area contributed by atoms with E-state index in [-0.39, 0.29) is 11.6 Å². The topological polar surface area (TPSA) is 17.1 Å². The average Bonchev–Trinajstić information content (AvgIpc) is 2.40. The Labute approximate surface area is 119 Å². The summed E-state index contributed by atoms with van der Waals surface area (Å²) in [4.78, 5) is 12.0. The molecule has 0 atom stereocenters. The maximum absolute atomic E-state index is 13.5. The number of hydrogen-bond donors (Lipinski definition) is 0. The molecule has 96 valence electrons. The average molecular weight is 319 g/mol. The van der Waals surface area contributed by atoms with E-state index >= 15 is 0 Å². The highest BCUT2D eigenvalue weighted by molar-refractivity contribution is 9.10. The lowest BCUT2D eigenvalue weighted by Crippen LogP contribution is -1.97. The van der Waals surface area contributed by atoms with Crippen LogP contribution in [-0.4, -0.2) is 5.78 Å². The normalized spacial score (nSPS) is 10.9. The Morgan fingerprint density at radius 1 is 1.21 bits per heavy atom. The van der Waals surface area contributed by atoms with Crippen LogP contribution in [0.5, 0.6) is 0 Å². The van der Waals surface area contributed by atoms with Crippen LogP contribution >= 0.6 is 15.9 Å². The van der Waals surface area contributed by atoms with Crippen molar-refractivity contribution in [3.05, 3.63) is 75.5 Å². The van der Waals surface area contributed by atoms with Gasteiger partial charge < -0.3 is 0 Å². The number of aryl methyl sites for hydroxylation is 1. The maximum Gasteiger partial charge on any atom is 0.186 e. The van der Waals surface area contributed by atoms with E-state index in [0.717, 1.165) is 10.0 Å². The SMILES string of the molecule is Cc1ccccc1C(=O)/C=C/c1cc(Br)ccc1F. The summed E-state index contributed by atoms with van der Waals surface area (Å²) < 4.78 is 14.3. The Morgan fingerprint density at radius 3 is 2.68 bits per heavy atom. The minimum absolute atomic E-state index is 0.127. The van der Waals surface area contributed by atoms with Crippen LogP contribution in [0.2, 0.25) is 0 Å². The molecule has 0 spiro atoms. The van der Waals surface area contributed by atoms with Gasteiger partial charge in [-0.25, -0.2) is 4.39 Å². The van der Waals surface area contributed by atoms with Crippen LogP contribution in [0.15, 0.2) is 53.0 Å². The summed E-state index contributed by atoms with van der Waals surface area (Å²) in [7, 11) is 0. The summed E-state index contributed by atoms with van der Waals surface area (Å²) in [5, 5.41) is 0. The molecule has 0 unspecified atom stereocenters. The largest absolute Gasteiger partial charge is 0.289 e. The molecule has 0 radical (unpaired) electrons. The summed E-state index contributed by atoms with van der Waals surface area (Å²) in [6, 6.07) is 12.0. The van der Waals surface area contributed by atoms with E-state index in [0.29, 0.717) is 11.1 Å². The van der Waals surface area contributed by atoms with Crippen molar-refractivity contribution < 1.29 is 9.18 Å². The molecule has 0 N–H and O–H groups in total.